The van der Waals surface area contributed by atoms with Crippen molar-refractivity contribution in [3.63, 3.8) is 0 Å². The van der Waals surface area contributed by atoms with E-state index in [-0.39, 0.29) is 16.4 Å². The molecule has 7 nitrogen and oxygen atoms in total. The molecule has 0 spiro atoms. The third kappa shape index (κ3) is 4.00. The van der Waals surface area contributed by atoms with E-state index in [1.54, 1.807) is 0 Å². The number of phenols is 1. The quantitative estimate of drug-likeness (QED) is 0.643. The van der Waals surface area contributed by atoms with Crippen molar-refractivity contribution in [3.05, 3.63) is 46.2 Å². The number of hydrogen-bond acceptors (Lipinski definition) is 5. The standard InChI is InChI=1S/C18H18Cl2FN3O4S/c19-11-4-5-14(24(18(22)26)13-3-1-2-12(21)15(13)20)16(25)17(11)29(27,28)10-6-8-23-9-7-10/h1-5,10,23,25H,6-9H2,(H2,22,26). The molecule has 1 fully saturated rings. The molecule has 2 aromatic carbocycles. The van der Waals surface area contributed by atoms with Crippen LogP contribution in [0.1, 0.15) is 12.8 Å². The average Bonchev–Trinajstić information content (AvgIpc) is 2.67. The number of halogens is 3. The third-order valence-corrected chi connectivity index (χ3v) is 7.84. The van der Waals surface area contributed by atoms with Crippen LogP contribution in [0, 0.1) is 5.82 Å². The monoisotopic (exact) mass is 461 g/mol. The highest BCUT2D eigenvalue weighted by Gasteiger charge is 2.35. The first kappa shape index (κ1) is 21.6. The number of nitrogens with two attached hydrogens (primary N) is 1. The van der Waals surface area contributed by atoms with Crippen LogP contribution in [-0.4, -0.2) is 37.9 Å². The number of aromatic hydroxyl groups is 1. The number of carbonyl (C=O) groups excluding carboxylic acids is 1. The Kier molecular flexibility index (Phi) is 6.23. The lowest BCUT2D eigenvalue weighted by molar-refractivity contribution is 0.256. The molecule has 0 saturated carbocycles. The predicted octanol–water partition coefficient (Wildman–Crippen LogP) is 3.58. The van der Waals surface area contributed by atoms with E-state index in [0.717, 1.165) is 11.0 Å². The minimum atomic E-state index is -4.01. The maximum Gasteiger partial charge on any atom is 0.324 e. The molecule has 0 aliphatic carbocycles. The number of benzene rings is 2. The fourth-order valence-corrected chi connectivity index (χ4v) is 5.88. The minimum absolute atomic E-state index is 0.151. The summed E-state index contributed by atoms with van der Waals surface area (Å²) in [6.45, 7) is 1.02. The summed E-state index contributed by atoms with van der Waals surface area (Å²) in [6, 6.07) is 5.04. The molecule has 1 aliphatic heterocycles. The van der Waals surface area contributed by atoms with Gasteiger partial charge in [-0.1, -0.05) is 29.3 Å². The molecule has 1 aliphatic rings. The van der Waals surface area contributed by atoms with Gasteiger partial charge in [-0.05, 0) is 50.2 Å². The number of carbonyl (C=O) groups is 1. The molecular weight excluding hydrogens is 444 g/mol. The molecule has 2 amide bonds. The first-order chi connectivity index (χ1) is 13.7. The Morgan fingerprint density at radius 2 is 1.83 bits per heavy atom. The van der Waals surface area contributed by atoms with Gasteiger partial charge in [0.2, 0.25) is 0 Å². The number of hydrogen-bond donors (Lipinski definition) is 3. The van der Waals surface area contributed by atoms with Crippen LogP contribution in [0.3, 0.4) is 0 Å². The summed E-state index contributed by atoms with van der Waals surface area (Å²) < 4.78 is 40.2. The Labute approximate surface area is 177 Å². The SMILES string of the molecule is NC(=O)N(c1ccc(Cl)c(S(=O)(=O)C2CCNCC2)c1O)c1cccc(F)c1Cl. The van der Waals surface area contributed by atoms with E-state index in [1.807, 2.05) is 0 Å². The largest absolute Gasteiger partial charge is 0.504 e. The van der Waals surface area contributed by atoms with Crippen LogP contribution in [0.15, 0.2) is 35.2 Å². The molecule has 1 saturated heterocycles. The van der Waals surface area contributed by atoms with E-state index in [9.17, 15) is 22.7 Å². The van der Waals surface area contributed by atoms with Crippen molar-refractivity contribution in [2.45, 2.75) is 23.0 Å². The Bertz CT molecular complexity index is 1060. The van der Waals surface area contributed by atoms with Gasteiger partial charge in [-0.25, -0.2) is 17.6 Å². The van der Waals surface area contributed by atoms with E-state index >= 15 is 0 Å². The van der Waals surface area contributed by atoms with Gasteiger partial charge in [-0.3, -0.25) is 4.90 Å². The van der Waals surface area contributed by atoms with E-state index in [1.165, 1.54) is 24.3 Å². The van der Waals surface area contributed by atoms with Crippen molar-refractivity contribution in [1.82, 2.24) is 5.32 Å². The molecule has 156 valence electrons. The minimum Gasteiger partial charge on any atom is -0.504 e. The number of amides is 2. The first-order valence-corrected chi connectivity index (χ1v) is 11.0. The molecule has 0 unspecified atom stereocenters. The van der Waals surface area contributed by atoms with Crippen molar-refractivity contribution in [2.75, 3.05) is 18.0 Å². The van der Waals surface area contributed by atoms with Crippen LogP contribution in [0.5, 0.6) is 5.75 Å². The van der Waals surface area contributed by atoms with Crippen LogP contribution in [0.25, 0.3) is 0 Å². The van der Waals surface area contributed by atoms with E-state index in [0.29, 0.717) is 25.9 Å². The zero-order valence-corrected chi connectivity index (χ0v) is 17.4. The lowest BCUT2D eigenvalue weighted by Gasteiger charge is -2.26. The number of rotatable bonds is 4. The maximum absolute atomic E-state index is 13.9. The molecule has 3 rings (SSSR count). The van der Waals surface area contributed by atoms with Crippen molar-refractivity contribution in [1.29, 1.82) is 0 Å². The van der Waals surface area contributed by atoms with E-state index in [4.69, 9.17) is 28.9 Å². The number of phenolic OH excluding ortho intramolecular Hbond substituents is 1. The molecule has 2 aromatic rings. The number of anilines is 2. The van der Waals surface area contributed by atoms with Gasteiger partial charge >= 0.3 is 6.03 Å². The second-order valence-corrected chi connectivity index (χ2v) is 9.44. The Morgan fingerprint density at radius 1 is 1.17 bits per heavy atom. The highest BCUT2D eigenvalue weighted by molar-refractivity contribution is 7.92. The normalized spacial score (nSPS) is 15.3. The van der Waals surface area contributed by atoms with Crippen molar-refractivity contribution < 1.29 is 22.7 Å². The van der Waals surface area contributed by atoms with Gasteiger partial charge in [-0.2, -0.15) is 0 Å². The highest BCUT2D eigenvalue weighted by atomic mass is 35.5. The fourth-order valence-electron chi connectivity index (χ4n) is 3.29. The summed E-state index contributed by atoms with van der Waals surface area (Å²) in [4.78, 5) is 12.4. The number of piperidine rings is 1. The van der Waals surface area contributed by atoms with Gasteiger partial charge in [-0.15, -0.1) is 0 Å². The number of nitrogens with zero attached hydrogens (tertiary/aromatic N) is 1. The zero-order chi connectivity index (χ0) is 21.3. The summed E-state index contributed by atoms with van der Waals surface area (Å²) in [5.41, 5.74) is 5.01. The molecule has 0 aromatic heterocycles. The van der Waals surface area contributed by atoms with Gasteiger partial charge in [0.05, 0.1) is 21.6 Å². The van der Waals surface area contributed by atoms with E-state index < -0.39 is 42.6 Å². The molecule has 1 heterocycles. The molecule has 11 heteroatoms. The van der Waals surface area contributed by atoms with Gasteiger partial charge in [0.1, 0.15) is 15.7 Å². The average molecular weight is 462 g/mol. The Morgan fingerprint density at radius 3 is 2.45 bits per heavy atom. The number of nitrogens with one attached hydrogen (secondary N) is 1. The van der Waals surface area contributed by atoms with Crippen molar-refractivity contribution in [3.8, 4) is 5.75 Å². The van der Waals surface area contributed by atoms with Crippen LogP contribution in [-0.2, 0) is 9.84 Å². The molecule has 4 N–H and O–H groups in total. The highest BCUT2D eigenvalue weighted by Crippen LogP contribution is 2.44. The summed E-state index contributed by atoms with van der Waals surface area (Å²) in [5, 5.41) is 12.5. The molecular formula is C18H18Cl2FN3O4S. The van der Waals surface area contributed by atoms with Gasteiger partial charge in [0.25, 0.3) is 0 Å². The summed E-state index contributed by atoms with van der Waals surface area (Å²) in [7, 11) is -4.01. The van der Waals surface area contributed by atoms with Crippen LogP contribution in [0.4, 0.5) is 20.6 Å². The number of sulfone groups is 1. The predicted molar refractivity (Wildman–Crippen MR) is 109 cm³/mol. The number of urea groups is 1. The van der Waals surface area contributed by atoms with Crippen LogP contribution in [0.2, 0.25) is 10.0 Å². The van der Waals surface area contributed by atoms with Gasteiger partial charge in [0.15, 0.2) is 15.6 Å². The summed E-state index contributed by atoms with van der Waals surface area (Å²) in [5.74, 6) is -1.57. The van der Waals surface area contributed by atoms with Crippen molar-refractivity contribution in [2.24, 2.45) is 5.73 Å². The zero-order valence-electron chi connectivity index (χ0n) is 15.0. The molecule has 29 heavy (non-hydrogen) atoms. The molecule has 0 radical (unpaired) electrons. The van der Waals surface area contributed by atoms with E-state index in [2.05, 4.69) is 5.32 Å². The lowest BCUT2D eigenvalue weighted by Crippen LogP contribution is -2.36. The molecule has 0 atom stereocenters. The Balaban J connectivity index is 2.19. The lowest BCUT2D eigenvalue weighted by atomic mass is 10.2. The van der Waals surface area contributed by atoms with Gasteiger partial charge < -0.3 is 16.2 Å². The van der Waals surface area contributed by atoms with Gasteiger partial charge in [0, 0.05) is 0 Å². The summed E-state index contributed by atoms with van der Waals surface area (Å²) in [6.07, 6.45) is 0.690. The second-order valence-electron chi connectivity index (χ2n) is 6.49. The topological polar surface area (TPSA) is 113 Å². The number of primary amides is 1. The fraction of sp³-hybridized carbons (Fsp3) is 0.278. The second kappa shape index (κ2) is 8.35. The third-order valence-electron chi connectivity index (χ3n) is 4.71. The van der Waals surface area contributed by atoms with Crippen LogP contribution < -0.4 is 16.0 Å². The summed E-state index contributed by atoms with van der Waals surface area (Å²) >= 11 is 12.1. The maximum atomic E-state index is 13.9. The van der Waals surface area contributed by atoms with Crippen LogP contribution >= 0.6 is 23.2 Å². The first-order valence-electron chi connectivity index (χ1n) is 8.66. The molecule has 0 bridgehead atoms. The van der Waals surface area contributed by atoms with Crippen molar-refractivity contribution >= 4 is 50.4 Å². The Hall–Kier alpha value is -2.07. The smallest absolute Gasteiger partial charge is 0.324 e.